The van der Waals surface area contributed by atoms with Crippen molar-refractivity contribution >= 4 is 27.9 Å². The molecule has 164 valence electrons. The van der Waals surface area contributed by atoms with E-state index in [2.05, 4.69) is 17.1 Å². The second-order valence-electron chi connectivity index (χ2n) is 8.90. The van der Waals surface area contributed by atoms with Crippen molar-refractivity contribution in [3.63, 3.8) is 0 Å². The van der Waals surface area contributed by atoms with Crippen LogP contribution in [0.4, 0.5) is 0 Å². The Morgan fingerprint density at radius 2 is 2.06 bits per heavy atom. The lowest BCUT2D eigenvalue weighted by molar-refractivity contribution is 0.0613. The van der Waals surface area contributed by atoms with E-state index in [1.165, 1.54) is 6.42 Å². The quantitative estimate of drug-likeness (QED) is 0.515. The lowest BCUT2D eigenvalue weighted by Gasteiger charge is -2.22. The van der Waals surface area contributed by atoms with Crippen molar-refractivity contribution < 1.29 is 4.74 Å². The smallest absolute Gasteiger partial charge is 0.334 e. The van der Waals surface area contributed by atoms with Crippen LogP contribution in [0.5, 0.6) is 0 Å². The largest absolute Gasteiger partial charge is 0.381 e. The molecule has 1 fully saturated rings. The van der Waals surface area contributed by atoms with Gasteiger partial charge in [-0.1, -0.05) is 6.08 Å². The van der Waals surface area contributed by atoms with E-state index in [0.717, 1.165) is 84.5 Å². The monoisotopic (exact) mass is 429 g/mol. The summed E-state index contributed by atoms with van der Waals surface area (Å²) in [5, 5.41) is 0. The summed E-state index contributed by atoms with van der Waals surface area (Å²) >= 11 is 0. The highest BCUT2D eigenvalue weighted by molar-refractivity contribution is 5.83. The van der Waals surface area contributed by atoms with Gasteiger partial charge in [-0.15, -0.1) is 0 Å². The van der Waals surface area contributed by atoms with Gasteiger partial charge in [0.2, 0.25) is 0 Å². The van der Waals surface area contributed by atoms with Crippen LogP contribution in [0.3, 0.4) is 0 Å². The molecule has 0 bridgehead atoms. The Bertz CT molecular complexity index is 1370. The average molecular weight is 430 g/mol. The second kappa shape index (κ2) is 8.06. The first-order chi connectivity index (χ1) is 15.8. The summed E-state index contributed by atoms with van der Waals surface area (Å²) in [6, 6.07) is 8.10. The normalized spacial score (nSPS) is 17.8. The third-order valence-electron chi connectivity index (χ3n) is 6.81. The molecule has 0 amide bonds. The van der Waals surface area contributed by atoms with Crippen LogP contribution in [0.15, 0.2) is 47.5 Å². The van der Waals surface area contributed by atoms with Gasteiger partial charge in [0.15, 0.2) is 5.65 Å². The molecule has 0 aromatic carbocycles. The summed E-state index contributed by atoms with van der Waals surface area (Å²) in [6.45, 7) is 2.25. The summed E-state index contributed by atoms with van der Waals surface area (Å²) in [4.78, 5) is 26.4. The average Bonchev–Trinajstić information content (AvgIpc) is 3.42. The van der Waals surface area contributed by atoms with Crippen molar-refractivity contribution in [1.82, 2.24) is 24.1 Å². The molecular formula is C25H27N5O2. The summed E-state index contributed by atoms with van der Waals surface area (Å²) in [5.74, 6) is 0.443. The predicted molar refractivity (Wildman–Crippen MR) is 125 cm³/mol. The van der Waals surface area contributed by atoms with Gasteiger partial charge in [-0.3, -0.25) is 4.57 Å². The summed E-state index contributed by atoms with van der Waals surface area (Å²) in [6.07, 6.45) is 12.2. The SMILES string of the molecule is O=c1n(CC2CCOCC2)c2cc(-c3ccc4[nH]ccc4n3)cnc2n1C1=CCCCC1. The number of nitrogens with zero attached hydrogens (tertiary/aromatic N) is 4. The van der Waals surface area contributed by atoms with E-state index >= 15 is 0 Å². The van der Waals surface area contributed by atoms with Crippen LogP contribution >= 0.6 is 0 Å². The van der Waals surface area contributed by atoms with E-state index in [1.807, 2.05) is 39.7 Å². The number of allylic oxidation sites excluding steroid dienone is 2. The number of ether oxygens (including phenoxy) is 1. The number of H-pyrrole nitrogens is 1. The molecule has 6 rings (SSSR count). The molecule has 0 unspecified atom stereocenters. The molecule has 0 atom stereocenters. The minimum atomic E-state index is 0.0262. The van der Waals surface area contributed by atoms with Crippen LogP contribution < -0.4 is 5.69 Å². The Kier molecular flexibility index (Phi) is 4.91. The highest BCUT2D eigenvalue weighted by Gasteiger charge is 2.23. The zero-order valence-corrected chi connectivity index (χ0v) is 18.1. The zero-order chi connectivity index (χ0) is 21.5. The number of nitrogens with one attached hydrogen (secondary N) is 1. The van der Waals surface area contributed by atoms with Crippen LogP contribution in [0.25, 0.3) is 39.2 Å². The molecule has 7 heteroatoms. The molecular weight excluding hydrogens is 402 g/mol. The zero-order valence-electron chi connectivity index (χ0n) is 18.1. The van der Waals surface area contributed by atoms with Crippen molar-refractivity contribution in [3.05, 3.63) is 53.2 Å². The summed E-state index contributed by atoms with van der Waals surface area (Å²) < 4.78 is 9.32. The fraction of sp³-hybridized carbons (Fsp3) is 0.400. The Morgan fingerprint density at radius 1 is 1.16 bits per heavy atom. The maximum atomic E-state index is 13.6. The Hall–Kier alpha value is -3.19. The van der Waals surface area contributed by atoms with Crippen LogP contribution in [-0.4, -0.2) is 37.3 Å². The highest BCUT2D eigenvalue weighted by atomic mass is 16.5. The lowest BCUT2D eigenvalue weighted by Crippen LogP contribution is -2.29. The first-order valence-electron chi connectivity index (χ1n) is 11.6. The molecule has 2 aliphatic rings. The highest BCUT2D eigenvalue weighted by Crippen LogP contribution is 2.28. The van der Waals surface area contributed by atoms with Crippen molar-refractivity contribution in [2.75, 3.05) is 13.2 Å². The number of rotatable bonds is 4. The number of hydrogen-bond donors (Lipinski definition) is 1. The lowest BCUT2D eigenvalue weighted by atomic mass is 10.0. The number of aromatic amines is 1. The molecule has 0 saturated carbocycles. The molecule has 4 aromatic rings. The van der Waals surface area contributed by atoms with E-state index in [4.69, 9.17) is 14.7 Å². The molecule has 1 N–H and O–H groups in total. The molecule has 5 heterocycles. The summed E-state index contributed by atoms with van der Waals surface area (Å²) in [5.41, 5.74) is 6.48. The van der Waals surface area contributed by atoms with Gasteiger partial charge in [0.1, 0.15) is 0 Å². The van der Waals surface area contributed by atoms with Gasteiger partial charge in [-0.2, -0.15) is 0 Å². The van der Waals surface area contributed by atoms with E-state index < -0.39 is 0 Å². The van der Waals surface area contributed by atoms with E-state index in [0.29, 0.717) is 12.5 Å². The Morgan fingerprint density at radius 3 is 2.91 bits per heavy atom. The van der Waals surface area contributed by atoms with Crippen LogP contribution in [0.1, 0.15) is 38.5 Å². The third-order valence-corrected chi connectivity index (χ3v) is 6.81. The molecule has 7 nitrogen and oxygen atoms in total. The molecule has 4 aromatic heterocycles. The van der Waals surface area contributed by atoms with Gasteiger partial charge in [0, 0.05) is 43.4 Å². The first kappa shape index (κ1) is 19.5. The molecule has 1 saturated heterocycles. The molecule has 0 radical (unpaired) electrons. The summed E-state index contributed by atoms with van der Waals surface area (Å²) in [7, 11) is 0. The van der Waals surface area contributed by atoms with E-state index in [9.17, 15) is 4.79 Å². The Balaban J connectivity index is 1.50. The second-order valence-corrected chi connectivity index (χ2v) is 8.90. The molecule has 1 aliphatic carbocycles. The Labute approximate surface area is 185 Å². The number of fused-ring (bicyclic) bond motifs is 2. The first-order valence-corrected chi connectivity index (χ1v) is 11.6. The maximum Gasteiger partial charge on any atom is 0.334 e. The number of hydrogen-bond acceptors (Lipinski definition) is 4. The predicted octanol–water partition coefficient (Wildman–Crippen LogP) is 4.58. The van der Waals surface area contributed by atoms with Crippen molar-refractivity contribution in [2.24, 2.45) is 5.92 Å². The van der Waals surface area contributed by atoms with Gasteiger partial charge in [-0.05, 0) is 68.7 Å². The van der Waals surface area contributed by atoms with E-state index in [-0.39, 0.29) is 5.69 Å². The fourth-order valence-electron chi connectivity index (χ4n) is 5.01. The number of aromatic nitrogens is 5. The van der Waals surface area contributed by atoms with E-state index in [1.54, 1.807) is 0 Å². The van der Waals surface area contributed by atoms with Gasteiger partial charge in [0.25, 0.3) is 0 Å². The van der Waals surface area contributed by atoms with Gasteiger partial charge in [-0.25, -0.2) is 19.3 Å². The minimum Gasteiger partial charge on any atom is -0.381 e. The van der Waals surface area contributed by atoms with Crippen molar-refractivity contribution in [2.45, 2.75) is 45.1 Å². The minimum absolute atomic E-state index is 0.0262. The maximum absolute atomic E-state index is 13.6. The van der Waals surface area contributed by atoms with Gasteiger partial charge < -0.3 is 9.72 Å². The number of imidazole rings is 1. The van der Waals surface area contributed by atoms with Crippen LogP contribution in [0, 0.1) is 5.92 Å². The molecule has 1 aliphatic heterocycles. The molecule has 32 heavy (non-hydrogen) atoms. The standard InChI is InChI=1S/C25H27N5O2/c31-25-29(16-17-9-12-32-13-10-17)23-14-18(20-6-7-21-22(28-20)8-11-26-21)15-27-24(23)30(25)19-4-2-1-3-5-19/h4,6-8,11,14-15,17,26H,1-3,5,9-10,12-13,16H2. The fourth-order valence-corrected chi connectivity index (χ4v) is 5.01. The van der Waals surface area contributed by atoms with Crippen molar-refractivity contribution in [1.29, 1.82) is 0 Å². The molecule has 0 spiro atoms. The van der Waals surface area contributed by atoms with Gasteiger partial charge in [0.05, 0.1) is 22.2 Å². The third kappa shape index (κ3) is 3.37. The van der Waals surface area contributed by atoms with Crippen LogP contribution in [0.2, 0.25) is 0 Å². The van der Waals surface area contributed by atoms with Gasteiger partial charge >= 0.3 is 5.69 Å². The topological polar surface area (TPSA) is 77.7 Å². The van der Waals surface area contributed by atoms with Crippen molar-refractivity contribution in [3.8, 4) is 11.3 Å². The number of pyridine rings is 2. The van der Waals surface area contributed by atoms with Crippen LogP contribution in [-0.2, 0) is 11.3 Å².